The molecule has 1 N–H and O–H groups in total. The molecule has 108 valence electrons. The van der Waals surface area contributed by atoms with E-state index in [-0.39, 0.29) is 0 Å². The summed E-state index contributed by atoms with van der Waals surface area (Å²) in [5, 5.41) is 3.16. The molecule has 0 bridgehead atoms. The van der Waals surface area contributed by atoms with Crippen LogP contribution in [0.3, 0.4) is 0 Å². The Morgan fingerprint density at radius 3 is 2.32 bits per heavy atom. The SMILES string of the molecule is CCC(CC)N(CC(C)C)c1ccc(CNC)cn1. The average Bonchev–Trinajstić information content (AvgIpc) is 2.40. The van der Waals surface area contributed by atoms with Crippen molar-refractivity contribution in [2.45, 2.75) is 53.1 Å². The Bertz CT molecular complexity index is 342. The third-order valence-electron chi connectivity index (χ3n) is 3.43. The molecule has 0 radical (unpaired) electrons. The molecule has 0 saturated heterocycles. The lowest BCUT2D eigenvalue weighted by molar-refractivity contribution is 0.503. The second-order valence-electron chi connectivity index (χ2n) is 5.57. The zero-order valence-corrected chi connectivity index (χ0v) is 13.1. The van der Waals surface area contributed by atoms with E-state index in [4.69, 9.17) is 0 Å². The molecule has 1 rings (SSSR count). The molecule has 0 amide bonds. The van der Waals surface area contributed by atoms with Gasteiger partial charge in [-0.15, -0.1) is 0 Å². The van der Waals surface area contributed by atoms with Crippen molar-refractivity contribution in [2.24, 2.45) is 5.92 Å². The maximum absolute atomic E-state index is 4.65. The van der Waals surface area contributed by atoms with Crippen LogP contribution in [0.1, 0.15) is 46.1 Å². The van der Waals surface area contributed by atoms with Crippen LogP contribution in [0.5, 0.6) is 0 Å². The van der Waals surface area contributed by atoms with Gasteiger partial charge in [0.2, 0.25) is 0 Å². The quantitative estimate of drug-likeness (QED) is 0.778. The lowest BCUT2D eigenvalue weighted by Crippen LogP contribution is -2.38. The third-order valence-corrected chi connectivity index (χ3v) is 3.43. The van der Waals surface area contributed by atoms with Gasteiger partial charge >= 0.3 is 0 Å². The highest BCUT2D eigenvalue weighted by atomic mass is 15.2. The van der Waals surface area contributed by atoms with E-state index in [9.17, 15) is 0 Å². The molecule has 0 unspecified atom stereocenters. The minimum Gasteiger partial charge on any atom is -0.353 e. The Balaban J connectivity index is 2.89. The van der Waals surface area contributed by atoms with Gasteiger partial charge in [-0.3, -0.25) is 0 Å². The largest absolute Gasteiger partial charge is 0.353 e. The summed E-state index contributed by atoms with van der Waals surface area (Å²) in [7, 11) is 1.96. The molecule has 0 aliphatic carbocycles. The van der Waals surface area contributed by atoms with Crippen LogP contribution in [0.2, 0.25) is 0 Å². The normalized spacial score (nSPS) is 11.3. The molecular weight excluding hydrogens is 234 g/mol. The Morgan fingerprint density at radius 1 is 1.21 bits per heavy atom. The fraction of sp³-hybridized carbons (Fsp3) is 0.688. The summed E-state index contributed by atoms with van der Waals surface area (Å²) in [4.78, 5) is 7.12. The van der Waals surface area contributed by atoms with E-state index in [2.05, 4.69) is 55.0 Å². The molecular formula is C16H29N3. The number of nitrogens with zero attached hydrogens (tertiary/aromatic N) is 2. The summed E-state index contributed by atoms with van der Waals surface area (Å²) in [6, 6.07) is 4.92. The summed E-state index contributed by atoms with van der Waals surface area (Å²) in [6.07, 6.45) is 4.33. The first-order chi connectivity index (χ1) is 9.12. The molecule has 0 saturated carbocycles. The number of pyridine rings is 1. The van der Waals surface area contributed by atoms with Crippen molar-refractivity contribution in [2.75, 3.05) is 18.5 Å². The van der Waals surface area contributed by atoms with Gasteiger partial charge in [0.1, 0.15) is 5.82 Å². The van der Waals surface area contributed by atoms with Crippen LogP contribution in [0, 0.1) is 5.92 Å². The standard InChI is InChI=1S/C16H29N3/c1-6-15(7-2)19(12-13(3)4)16-9-8-14(10-17-5)11-18-16/h8-9,11,13,15,17H,6-7,10,12H2,1-5H3. The Kier molecular flexibility index (Phi) is 6.85. The first-order valence-corrected chi connectivity index (χ1v) is 7.48. The van der Waals surface area contributed by atoms with Gasteiger partial charge in [0, 0.05) is 25.3 Å². The molecule has 3 nitrogen and oxygen atoms in total. The van der Waals surface area contributed by atoms with E-state index in [1.165, 1.54) is 18.4 Å². The Morgan fingerprint density at radius 2 is 1.89 bits per heavy atom. The van der Waals surface area contributed by atoms with Crippen molar-refractivity contribution in [3.63, 3.8) is 0 Å². The van der Waals surface area contributed by atoms with E-state index >= 15 is 0 Å². The van der Waals surface area contributed by atoms with Gasteiger partial charge < -0.3 is 10.2 Å². The molecule has 0 fully saturated rings. The Labute approximate surface area is 118 Å². The lowest BCUT2D eigenvalue weighted by Gasteiger charge is -2.33. The molecule has 0 aliphatic heterocycles. The predicted octanol–water partition coefficient (Wildman–Crippen LogP) is 3.45. The molecule has 1 aromatic rings. The summed E-state index contributed by atoms with van der Waals surface area (Å²) >= 11 is 0. The van der Waals surface area contributed by atoms with Crippen LogP contribution in [-0.2, 0) is 6.54 Å². The summed E-state index contributed by atoms with van der Waals surface area (Å²) in [6.45, 7) is 11.0. The summed E-state index contributed by atoms with van der Waals surface area (Å²) in [5.74, 6) is 1.77. The van der Waals surface area contributed by atoms with Crippen molar-refractivity contribution in [3.05, 3.63) is 23.9 Å². The first-order valence-electron chi connectivity index (χ1n) is 7.48. The van der Waals surface area contributed by atoms with E-state index in [1.54, 1.807) is 0 Å². The molecule has 0 spiro atoms. The first kappa shape index (κ1) is 16.0. The van der Waals surface area contributed by atoms with Crippen LogP contribution in [0.4, 0.5) is 5.82 Å². The smallest absolute Gasteiger partial charge is 0.128 e. The third kappa shape index (κ3) is 4.83. The van der Waals surface area contributed by atoms with Gasteiger partial charge in [0.15, 0.2) is 0 Å². The number of aromatic nitrogens is 1. The van der Waals surface area contributed by atoms with Gasteiger partial charge in [-0.1, -0.05) is 33.8 Å². The molecule has 1 aromatic heterocycles. The van der Waals surface area contributed by atoms with Crippen LogP contribution in [-0.4, -0.2) is 24.6 Å². The van der Waals surface area contributed by atoms with Gasteiger partial charge in [-0.05, 0) is 37.4 Å². The monoisotopic (exact) mass is 263 g/mol. The maximum atomic E-state index is 4.65. The maximum Gasteiger partial charge on any atom is 0.128 e. The number of rotatable bonds is 8. The predicted molar refractivity (Wildman–Crippen MR) is 83.6 cm³/mol. The number of hydrogen-bond acceptors (Lipinski definition) is 3. The Hall–Kier alpha value is -1.09. The van der Waals surface area contributed by atoms with E-state index in [0.29, 0.717) is 12.0 Å². The highest BCUT2D eigenvalue weighted by molar-refractivity contribution is 5.40. The summed E-state index contributed by atoms with van der Waals surface area (Å²) < 4.78 is 0. The van der Waals surface area contributed by atoms with Crippen LogP contribution >= 0.6 is 0 Å². The zero-order valence-electron chi connectivity index (χ0n) is 13.1. The molecule has 1 heterocycles. The van der Waals surface area contributed by atoms with Crippen molar-refractivity contribution in [3.8, 4) is 0 Å². The zero-order chi connectivity index (χ0) is 14.3. The second-order valence-corrected chi connectivity index (χ2v) is 5.57. The fourth-order valence-electron chi connectivity index (χ4n) is 2.45. The van der Waals surface area contributed by atoms with Crippen molar-refractivity contribution < 1.29 is 0 Å². The topological polar surface area (TPSA) is 28.2 Å². The lowest BCUT2D eigenvalue weighted by atomic mass is 10.1. The fourth-order valence-corrected chi connectivity index (χ4v) is 2.45. The molecule has 0 aliphatic rings. The van der Waals surface area contributed by atoms with Crippen molar-refractivity contribution >= 4 is 5.82 Å². The summed E-state index contributed by atoms with van der Waals surface area (Å²) in [5.41, 5.74) is 1.24. The highest BCUT2D eigenvalue weighted by Crippen LogP contribution is 2.20. The molecule has 0 atom stereocenters. The van der Waals surface area contributed by atoms with Gasteiger partial charge in [0.05, 0.1) is 0 Å². The number of hydrogen-bond donors (Lipinski definition) is 1. The number of anilines is 1. The van der Waals surface area contributed by atoms with Crippen LogP contribution < -0.4 is 10.2 Å². The van der Waals surface area contributed by atoms with E-state index in [1.807, 2.05) is 13.2 Å². The van der Waals surface area contributed by atoms with E-state index < -0.39 is 0 Å². The highest BCUT2D eigenvalue weighted by Gasteiger charge is 2.17. The molecule has 0 aromatic carbocycles. The van der Waals surface area contributed by atoms with Crippen molar-refractivity contribution in [1.29, 1.82) is 0 Å². The van der Waals surface area contributed by atoms with Crippen LogP contribution in [0.15, 0.2) is 18.3 Å². The van der Waals surface area contributed by atoms with Gasteiger partial charge in [-0.2, -0.15) is 0 Å². The van der Waals surface area contributed by atoms with Crippen molar-refractivity contribution in [1.82, 2.24) is 10.3 Å². The molecule has 19 heavy (non-hydrogen) atoms. The minimum atomic E-state index is 0.588. The van der Waals surface area contributed by atoms with E-state index in [0.717, 1.165) is 18.9 Å². The average molecular weight is 263 g/mol. The van der Waals surface area contributed by atoms with Gasteiger partial charge in [-0.25, -0.2) is 4.98 Å². The number of nitrogens with one attached hydrogen (secondary N) is 1. The minimum absolute atomic E-state index is 0.588. The van der Waals surface area contributed by atoms with Crippen LogP contribution in [0.25, 0.3) is 0 Å². The second kappa shape index (κ2) is 8.16. The molecule has 3 heteroatoms. The van der Waals surface area contributed by atoms with Gasteiger partial charge in [0.25, 0.3) is 0 Å².